The summed E-state index contributed by atoms with van der Waals surface area (Å²) in [4.78, 5) is 4.29. The summed E-state index contributed by atoms with van der Waals surface area (Å²) in [6.07, 6.45) is 1.80. The predicted molar refractivity (Wildman–Crippen MR) is 68.0 cm³/mol. The van der Waals surface area contributed by atoms with Gasteiger partial charge in [-0.1, -0.05) is 0 Å². The van der Waals surface area contributed by atoms with Crippen molar-refractivity contribution in [1.82, 2.24) is 4.98 Å². The Balaban J connectivity index is 2.86. The number of anilines is 1. The summed E-state index contributed by atoms with van der Waals surface area (Å²) < 4.78 is 1.02. The van der Waals surface area contributed by atoms with Crippen molar-refractivity contribution in [1.29, 1.82) is 0 Å². The van der Waals surface area contributed by atoms with Crippen LogP contribution in [0.25, 0.3) is 0 Å². The second-order valence-corrected chi connectivity index (χ2v) is 5.31. The number of hydrogen-bond acceptors (Lipinski definition) is 3. The molecule has 1 rings (SSSR count). The first-order valence-corrected chi connectivity index (χ1v) is 5.78. The lowest BCUT2D eigenvalue weighted by Crippen LogP contribution is -2.47. The van der Waals surface area contributed by atoms with Gasteiger partial charge < -0.3 is 11.1 Å². The normalized spacial score (nSPS) is 13.7. The van der Waals surface area contributed by atoms with Crippen molar-refractivity contribution in [3.8, 4) is 0 Å². The van der Waals surface area contributed by atoms with Gasteiger partial charge in [0, 0.05) is 22.3 Å². The average molecular weight is 272 g/mol. The van der Waals surface area contributed by atoms with Gasteiger partial charge in [-0.05, 0) is 55.3 Å². The Morgan fingerprint density at radius 2 is 2.13 bits per heavy atom. The third kappa shape index (κ3) is 3.18. The second kappa shape index (κ2) is 4.49. The molecule has 1 aromatic heterocycles. The molecule has 4 heteroatoms. The first-order valence-electron chi connectivity index (χ1n) is 4.99. The zero-order valence-corrected chi connectivity index (χ0v) is 11.2. The van der Waals surface area contributed by atoms with E-state index in [1.165, 1.54) is 0 Å². The molecular formula is C11H18BrN3. The Morgan fingerprint density at radius 3 is 2.60 bits per heavy atom. The van der Waals surface area contributed by atoms with E-state index in [0.29, 0.717) is 0 Å². The summed E-state index contributed by atoms with van der Waals surface area (Å²) in [5.74, 6) is 0.859. The van der Waals surface area contributed by atoms with E-state index in [2.05, 4.69) is 40.1 Å². The third-order valence-corrected chi connectivity index (χ3v) is 3.47. The number of halogens is 1. The van der Waals surface area contributed by atoms with Crippen LogP contribution in [0, 0.1) is 6.92 Å². The van der Waals surface area contributed by atoms with E-state index in [1.54, 1.807) is 6.20 Å². The van der Waals surface area contributed by atoms with Gasteiger partial charge in [0.25, 0.3) is 0 Å². The quantitative estimate of drug-likeness (QED) is 0.889. The van der Waals surface area contributed by atoms with Crippen molar-refractivity contribution in [3.63, 3.8) is 0 Å². The van der Waals surface area contributed by atoms with Crippen LogP contribution in [-0.4, -0.2) is 16.6 Å². The van der Waals surface area contributed by atoms with Gasteiger partial charge >= 0.3 is 0 Å². The maximum Gasteiger partial charge on any atom is 0.126 e. The van der Waals surface area contributed by atoms with Crippen molar-refractivity contribution in [2.24, 2.45) is 5.73 Å². The van der Waals surface area contributed by atoms with Crippen LogP contribution in [0.3, 0.4) is 0 Å². The van der Waals surface area contributed by atoms with Gasteiger partial charge in [-0.15, -0.1) is 0 Å². The molecule has 0 aliphatic heterocycles. The Labute approximate surface area is 99.6 Å². The summed E-state index contributed by atoms with van der Waals surface area (Å²) in [6.45, 7) is 8.15. The smallest absolute Gasteiger partial charge is 0.126 e. The van der Waals surface area contributed by atoms with E-state index in [0.717, 1.165) is 15.9 Å². The lowest BCUT2D eigenvalue weighted by atomic mass is 9.97. The molecule has 0 amide bonds. The van der Waals surface area contributed by atoms with Crippen LogP contribution in [0.15, 0.2) is 16.7 Å². The number of rotatable bonds is 3. The molecule has 3 N–H and O–H groups in total. The Kier molecular flexibility index (Phi) is 3.73. The fourth-order valence-corrected chi connectivity index (χ4v) is 1.27. The Morgan fingerprint density at radius 1 is 1.53 bits per heavy atom. The second-order valence-electron chi connectivity index (χ2n) is 4.45. The third-order valence-electron chi connectivity index (χ3n) is 2.64. The predicted octanol–water partition coefficient (Wildman–Crippen LogP) is 2.69. The molecule has 0 saturated carbocycles. The molecule has 0 fully saturated rings. The van der Waals surface area contributed by atoms with Crippen LogP contribution in [0.5, 0.6) is 0 Å². The van der Waals surface area contributed by atoms with Crippen molar-refractivity contribution in [2.75, 3.05) is 5.32 Å². The largest absolute Gasteiger partial charge is 0.364 e. The fraction of sp³-hybridized carbons (Fsp3) is 0.545. The summed E-state index contributed by atoms with van der Waals surface area (Å²) in [7, 11) is 0. The number of hydrogen-bond donors (Lipinski definition) is 2. The van der Waals surface area contributed by atoms with Crippen molar-refractivity contribution >= 4 is 21.7 Å². The van der Waals surface area contributed by atoms with Gasteiger partial charge in [-0.3, -0.25) is 0 Å². The molecular weight excluding hydrogens is 254 g/mol. The van der Waals surface area contributed by atoms with Crippen molar-refractivity contribution < 1.29 is 0 Å². The number of pyridine rings is 1. The molecule has 0 saturated heterocycles. The number of aromatic nitrogens is 1. The highest BCUT2D eigenvalue weighted by molar-refractivity contribution is 9.10. The highest BCUT2D eigenvalue weighted by atomic mass is 79.9. The van der Waals surface area contributed by atoms with Crippen molar-refractivity contribution in [3.05, 3.63) is 22.3 Å². The van der Waals surface area contributed by atoms with Crippen LogP contribution >= 0.6 is 15.9 Å². The summed E-state index contributed by atoms with van der Waals surface area (Å²) in [5, 5.41) is 3.33. The minimum absolute atomic E-state index is 0.0586. The standard InChI is InChI=1S/C11H18BrN3/c1-7-5-10(14-6-9(7)12)15-11(3,4)8(2)13/h5-6,8H,13H2,1-4H3,(H,14,15). The molecule has 1 aromatic rings. The molecule has 0 spiro atoms. The molecule has 1 heterocycles. The number of aryl methyl sites for hydroxylation is 1. The number of nitrogens with zero attached hydrogens (tertiary/aromatic N) is 1. The fourth-order valence-electron chi connectivity index (χ4n) is 1.05. The molecule has 0 bridgehead atoms. The van der Waals surface area contributed by atoms with Crippen LogP contribution in [0.2, 0.25) is 0 Å². The molecule has 84 valence electrons. The van der Waals surface area contributed by atoms with Gasteiger partial charge in [0.2, 0.25) is 0 Å². The van der Waals surface area contributed by atoms with Crippen LogP contribution in [0.4, 0.5) is 5.82 Å². The lowest BCUT2D eigenvalue weighted by Gasteiger charge is -2.31. The SMILES string of the molecule is Cc1cc(NC(C)(C)C(C)N)ncc1Br. The maximum absolute atomic E-state index is 5.89. The zero-order chi connectivity index (χ0) is 11.6. The zero-order valence-electron chi connectivity index (χ0n) is 9.63. The van der Waals surface area contributed by atoms with Gasteiger partial charge in [-0.2, -0.15) is 0 Å². The monoisotopic (exact) mass is 271 g/mol. The molecule has 1 unspecified atom stereocenters. The minimum atomic E-state index is -0.159. The van der Waals surface area contributed by atoms with Crippen molar-refractivity contribution in [2.45, 2.75) is 39.3 Å². The highest BCUT2D eigenvalue weighted by Crippen LogP contribution is 2.20. The molecule has 0 aliphatic rings. The Bertz CT molecular complexity index is 348. The van der Waals surface area contributed by atoms with Crippen LogP contribution < -0.4 is 11.1 Å². The minimum Gasteiger partial charge on any atom is -0.364 e. The first-order chi connectivity index (χ1) is 6.83. The van der Waals surface area contributed by atoms with Gasteiger partial charge in [0.05, 0.1) is 0 Å². The summed E-state index contributed by atoms with van der Waals surface area (Å²) >= 11 is 3.42. The molecule has 0 aromatic carbocycles. The molecule has 0 aliphatic carbocycles. The van der Waals surface area contributed by atoms with E-state index < -0.39 is 0 Å². The van der Waals surface area contributed by atoms with E-state index in [-0.39, 0.29) is 11.6 Å². The van der Waals surface area contributed by atoms with Gasteiger partial charge in [0.15, 0.2) is 0 Å². The van der Waals surface area contributed by atoms with Gasteiger partial charge in [0.1, 0.15) is 5.82 Å². The topological polar surface area (TPSA) is 50.9 Å². The average Bonchev–Trinajstić information content (AvgIpc) is 2.10. The molecule has 0 radical (unpaired) electrons. The Hall–Kier alpha value is -0.610. The molecule has 3 nitrogen and oxygen atoms in total. The molecule has 15 heavy (non-hydrogen) atoms. The van der Waals surface area contributed by atoms with E-state index >= 15 is 0 Å². The highest BCUT2D eigenvalue weighted by Gasteiger charge is 2.22. The number of nitrogens with two attached hydrogens (primary N) is 1. The van der Waals surface area contributed by atoms with Crippen LogP contribution in [-0.2, 0) is 0 Å². The van der Waals surface area contributed by atoms with E-state index in [1.807, 2.05) is 19.9 Å². The summed E-state index contributed by atoms with van der Waals surface area (Å²) in [6, 6.07) is 2.07. The van der Waals surface area contributed by atoms with E-state index in [4.69, 9.17) is 5.73 Å². The molecule has 1 atom stereocenters. The maximum atomic E-state index is 5.89. The van der Waals surface area contributed by atoms with E-state index in [9.17, 15) is 0 Å². The summed E-state index contributed by atoms with van der Waals surface area (Å²) in [5.41, 5.74) is 6.89. The lowest BCUT2D eigenvalue weighted by molar-refractivity contribution is 0.469. The van der Waals surface area contributed by atoms with Gasteiger partial charge in [-0.25, -0.2) is 4.98 Å². The van der Waals surface area contributed by atoms with Crippen LogP contribution in [0.1, 0.15) is 26.3 Å². The first kappa shape index (κ1) is 12.5. The number of nitrogens with one attached hydrogen (secondary N) is 1.